The standard InChI is InChI=1S/C13H9.C6H7.CH3.2ClH.Zr/c1-3-7-12-10(5-1)9-11-6-2-4-8-13(11)12;1-6-4-2-3-5-6;;;;/h1-9H;2-5H,1H3;1H3;2*1H;/q;;;;;+2/p-2. The van der Waals surface area contributed by atoms with Crippen LogP contribution in [0.2, 0.25) is 8.26 Å². The molecule has 2 aliphatic rings. The van der Waals surface area contributed by atoms with Gasteiger partial charge in [0.15, 0.2) is 0 Å². The first kappa shape index (κ1) is 15.9. The van der Waals surface area contributed by atoms with E-state index in [9.17, 15) is 0 Å². The van der Waals surface area contributed by atoms with Gasteiger partial charge in [0.05, 0.1) is 0 Å². The molecular formula is C20H19Cl2Zr. The van der Waals surface area contributed by atoms with E-state index in [1.165, 1.54) is 27.8 Å². The average Bonchev–Trinajstić information content (AvgIpc) is 3.09. The first-order valence-electron chi connectivity index (χ1n) is 8.01. The molecule has 0 aliphatic heterocycles. The van der Waals surface area contributed by atoms with Gasteiger partial charge in [-0.15, -0.1) is 0 Å². The Bertz CT molecular complexity index is 810. The monoisotopic (exact) mass is 419 g/mol. The van der Waals surface area contributed by atoms with Crippen LogP contribution in [0.4, 0.5) is 0 Å². The third-order valence-corrected chi connectivity index (χ3v) is 20.4. The Morgan fingerprint density at radius 3 is 1.87 bits per heavy atom. The topological polar surface area (TPSA) is 0 Å². The normalized spacial score (nSPS) is 21.5. The van der Waals surface area contributed by atoms with Gasteiger partial charge < -0.3 is 0 Å². The number of benzene rings is 2. The molecule has 23 heavy (non-hydrogen) atoms. The molecule has 1 atom stereocenters. The zero-order valence-corrected chi connectivity index (χ0v) is 17.2. The van der Waals surface area contributed by atoms with Gasteiger partial charge in [0.1, 0.15) is 0 Å². The van der Waals surface area contributed by atoms with E-state index in [0.29, 0.717) is 0 Å². The third-order valence-electron chi connectivity index (χ3n) is 5.29. The Kier molecular flexibility index (Phi) is 3.58. The van der Waals surface area contributed by atoms with Gasteiger partial charge in [0.2, 0.25) is 0 Å². The van der Waals surface area contributed by atoms with Gasteiger partial charge in [-0.05, 0) is 0 Å². The van der Waals surface area contributed by atoms with E-state index in [1.807, 2.05) is 0 Å². The van der Waals surface area contributed by atoms with E-state index in [1.54, 1.807) is 0 Å². The van der Waals surface area contributed by atoms with Gasteiger partial charge in [0, 0.05) is 0 Å². The molecule has 4 rings (SSSR count). The Hall–Kier alpha value is -0.617. The molecule has 0 saturated carbocycles. The molecule has 0 radical (unpaired) electrons. The van der Waals surface area contributed by atoms with Crippen LogP contribution in [-0.4, -0.2) is 0 Å². The van der Waals surface area contributed by atoms with Crippen molar-refractivity contribution in [2.75, 3.05) is 0 Å². The summed E-state index contributed by atoms with van der Waals surface area (Å²) in [5.74, 6) is 0. The molecule has 0 spiro atoms. The Morgan fingerprint density at radius 2 is 1.39 bits per heavy atom. The van der Waals surface area contributed by atoms with Crippen LogP contribution in [0, 0.1) is 0 Å². The second-order valence-electron chi connectivity index (χ2n) is 7.03. The predicted molar refractivity (Wildman–Crippen MR) is 97.9 cm³/mol. The summed E-state index contributed by atoms with van der Waals surface area (Å²) < 4.78 is 2.51. The van der Waals surface area contributed by atoms with Crippen LogP contribution >= 0.6 is 17.0 Å². The number of hydrogen-bond donors (Lipinski definition) is 0. The summed E-state index contributed by atoms with van der Waals surface area (Å²) in [5.41, 5.74) is 6.45. The summed E-state index contributed by atoms with van der Waals surface area (Å²) in [6.45, 7) is 2.12. The van der Waals surface area contributed by atoms with Crippen LogP contribution in [0.3, 0.4) is 0 Å². The van der Waals surface area contributed by atoms with Gasteiger partial charge in [-0.1, -0.05) is 0 Å². The number of rotatable bonds is 2. The van der Waals surface area contributed by atoms with E-state index >= 15 is 0 Å². The Morgan fingerprint density at radius 1 is 0.870 bits per heavy atom. The molecule has 2 aromatic carbocycles. The molecule has 0 N–H and O–H groups in total. The zero-order chi connectivity index (χ0) is 16.3. The van der Waals surface area contributed by atoms with Gasteiger partial charge in [0.25, 0.3) is 0 Å². The molecule has 2 aromatic rings. The summed E-state index contributed by atoms with van der Waals surface area (Å²) in [6.07, 6.45) is 6.62. The number of halogens is 2. The second-order valence-corrected chi connectivity index (χ2v) is 31.1. The third kappa shape index (κ3) is 2.36. The van der Waals surface area contributed by atoms with Gasteiger partial charge in [-0.3, -0.25) is 0 Å². The molecule has 1 unspecified atom stereocenters. The minimum atomic E-state index is -4.15. The van der Waals surface area contributed by atoms with Crippen molar-refractivity contribution in [3.8, 4) is 11.1 Å². The molecule has 0 fully saturated rings. The van der Waals surface area contributed by atoms with Crippen molar-refractivity contribution in [3.05, 3.63) is 83.5 Å². The van der Waals surface area contributed by atoms with E-state index in [-0.39, 0.29) is 7.25 Å². The summed E-state index contributed by atoms with van der Waals surface area (Å²) in [4.78, 5) is 0. The van der Waals surface area contributed by atoms with Gasteiger partial charge in [-0.2, -0.15) is 0 Å². The quantitative estimate of drug-likeness (QED) is 0.485. The fourth-order valence-electron chi connectivity index (χ4n) is 4.14. The number of hydrogen-bond acceptors (Lipinski definition) is 0. The summed E-state index contributed by atoms with van der Waals surface area (Å²) in [6, 6.07) is 17.2. The molecule has 0 bridgehead atoms. The van der Waals surface area contributed by atoms with Crippen LogP contribution in [0.25, 0.3) is 11.1 Å². The van der Waals surface area contributed by atoms with Crippen molar-refractivity contribution in [1.82, 2.24) is 0 Å². The van der Waals surface area contributed by atoms with E-state index in [2.05, 4.69) is 78.3 Å². The summed E-state index contributed by atoms with van der Waals surface area (Å²) in [5, 5.41) is 0. The van der Waals surface area contributed by atoms with Crippen LogP contribution < -0.4 is 0 Å². The first-order chi connectivity index (χ1) is 10.9. The van der Waals surface area contributed by atoms with E-state index in [4.69, 9.17) is 17.0 Å². The fraction of sp³-hybridized carbons (Fsp3) is 0.200. The number of allylic oxidation sites excluding steroid dienone is 4. The van der Waals surface area contributed by atoms with Crippen LogP contribution in [0.1, 0.15) is 21.7 Å². The van der Waals surface area contributed by atoms with Crippen molar-refractivity contribution in [3.63, 3.8) is 0 Å². The Labute approximate surface area is 146 Å². The van der Waals surface area contributed by atoms with Crippen molar-refractivity contribution < 1.29 is 16.4 Å². The van der Waals surface area contributed by atoms with Crippen LogP contribution in [0.15, 0.2) is 72.3 Å². The van der Waals surface area contributed by atoms with Gasteiger partial charge in [-0.25, -0.2) is 0 Å². The molecule has 0 amide bonds. The minimum absolute atomic E-state index is 0.143. The summed E-state index contributed by atoms with van der Waals surface area (Å²) in [7, 11) is 14.8. The van der Waals surface area contributed by atoms with Crippen molar-refractivity contribution in [2.24, 2.45) is 0 Å². The molecule has 0 aromatic heterocycles. The molecule has 2 aliphatic carbocycles. The van der Waals surface area contributed by atoms with Crippen molar-refractivity contribution >= 4 is 17.0 Å². The second kappa shape index (κ2) is 5.19. The van der Waals surface area contributed by atoms with Crippen molar-refractivity contribution in [1.29, 1.82) is 0 Å². The van der Waals surface area contributed by atoms with Gasteiger partial charge >= 0.3 is 147 Å². The van der Waals surface area contributed by atoms with E-state index < -0.39 is 16.4 Å². The molecule has 3 heteroatoms. The number of fused-ring (bicyclic) bond motifs is 3. The molecule has 0 nitrogen and oxygen atoms in total. The van der Waals surface area contributed by atoms with Crippen molar-refractivity contribution in [2.45, 2.75) is 18.8 Å². The molecular weight excluding hydrogens is 402 g/mol. The van der Waals surface area contributed by atoms with Crippen LogP contribution in [-0.2, 0) is 16.4 Å². The predicted octanol–water partition coefficient (Wildman–Crippen LogP) is 7.11. The zero-order valence-electron chi connectivity index (χ0n) is 13.3. The van der Waals surface area contributed by atoms with Crippen LogP contribution in [0.5, 0.6) is 0 Å². The average molecular weight is 422 g/mol. The molecule has 0 heterocycles. The Balaban J connectivity index is 1.97. The van der Waals surface area contributed by atoms with E-state index in [0.717, 1.165) is 0 Å². The summed E-state index contributed by atoms with van der Waals surface area (Å²) >= 11 is -4.15. The molecule has 117 valence electrons. The maximum absolute atomic E-state index is 7.40. The fourth-order valence-corrected chi connectivity index (χ4v) is 17.2. The molecule has 0 saturated heterocycles. The first-order valence-corrected chi connectivity index (χ1v) is 19.6. The SMILES string of the molecule is CC1=C[CH]([Zr]([CH3])([Cl])([Cl])[CH]2c3ccccc3-c3ccccc32)C=C1. The maximum atomic E-state index is 7.40.